The van der Waals surface area contributed by atoms with Crippen LogP contribution in [0.25, 0.3) is 0 Å². The molecule has 84 valence electrons. The molecule has 2 nitrogen and oxygen atoms in total. The average Bonchev–Trinajstić information content (AvgIpc) is 2.62. The second kappa shape index (κ2) is 4.85. The average molecular weight is 253 g/mol. The molecule has 0 amide bonds. The first kappa shape index (κ1) is 11.4. The van der Waals surface area contributed by atoms with Crippen molar-refractivity contribution in [2.24, 2.45) is 0 Å². The predicted molar refractivity (Wildman–Crippen MR) is 70.2 cm³/mol. The summed E-state index contributed by atoms with van der Waals surface area (Å²) in [6.07, 6.45) is 1.73. The fraction of sp³-hybridized carbons (Fsp3) is 0.250. The number of hydrogen-bond donors (Lipinski definition) is 1. The molecule has 16 heavy (non-hydrogen) atoms. The van der Waals surface area contributed by atoms with Gasteiger partial charge in [0.05, 0.1) is 5.69 Å². The van der Waals surface area contributed by atoms with Crippen LogP contribution in [0, 0.1) is 0 Å². The summed E-state index contributed by atoms with van der Waals surface area (Å²) in [5.74, 6) is 0. The molecule has 1 aromatic heterocycles. The smallest absolute Gasteiger partial charge is 0.180 e. The number of nitrogen functional groups attached to an aromatic ring is 1. The molecule has 1 aromatic carbocycles. The third-order valence-corrected chi connectivity index (χ3v) is 3.73. The Kier molecular flexibility index (Phi) is 3.46. The number of thiazole rings is 1. The van der Waals surface area contributed by atoms with Crippen molar-refractivity contribution in [3.63, 3.8) is 0 Å². The number of hydrogen-bond acceptors (Lipinski definition) is 3. The van der Waals surface area contributed by atoms with Crippen molar-refractivity contribution in [1.29, 1.82) is 0 Å². The zero-order chi connectivity index (χ0) is 11.5. The number of nitrogens with two attached hydrogens (primary N) is 1. The molecular formula is C12H13ClN2S. The van der Waals surface area contributed by atoms with Gasteiger partial charge in [-0.1, -0.05) is 36.7 Å². The van der Waals surface area contributed by atoms with Crippen LogP contribution in [0.4, 0.5) is 5.13 Å². The van der Waals surface area contributed by atoms with Crippen LogP contribution in [0.5, 0.6) is 0 Å². The van der Waals surface area contributed by atoms with Gasteiger partial charge in [-0.15, -0.1) is 11.3 Å². The van der Waals surface area contributed by atoms with Gasteiger partial charge in [-0.3, -0.25) is 0 Å². The Morgan fingerprint density at radius 3 is 2.81 bits per heavy atom. The molecule has 0 saturated carbocycles. The maximum atomic E-state index is 6.13. The fourth-order valence-corrected chi connectivity index (χ4v) is 2.78. The van der Waals surface area contributed by atoms with E-state index in [9.17, 15) is 0 Å². The summed E-state index contributed by atoms with van der Waals surface area (Å²) in [6.45, 7) is 2.09. The fourth-order valence-electron chi connectivity index (χ4n) is 1.63. The van der Waals surface area contributed by atoms with Crippen LogP contribution in [0.15, 0.2) is 24.3 Å². The van der Waals surface area contributed by atoms with Gasteiger partial charge in [0, 0.05) is 16.3 Å². The topological polar surface area (TPSA) is 38.9 Å². The Bertz CT molecular complexity index is 494. The molecule has 0 aliphatic rings. The molecule has 0 aliphatic heterocycles. The lowest BCUT2D eigenvalue weighted by atomic mass is 10.1. The summed E-state index contributed by atoms with van der Waals surface area (Å²) >= 11 is 7.68. The molecule has 2 N–H and O–H groups in total. The highest BCUT2D eigenvalue weighted by Gasteiger charge is 2.09. The Balaban J connectivity index is 2.30. The Morgan fingerprint density at radius 2 is 2.12 bits per heavy atom. The zero-order valence-electron chi connectivity index (χ0n) is 9.03. The minimum atomic E-state index is 0.638. The van der Waals surface area contributed by atoms with Crippen molar-refractivity contribution in [1.82, 2.24) is 4.98 Å². The predicted octanol–water partition coefficient (Wildman–Crippen LogP) is 3.53. The summed E-state index contributed by atoms with van der Waals surface area (Å²) in [4.78, 5) is 5.52. The van der Waals surface area contributed by atoms with E-state index in [-0.39, 0.29) is 0 Å². The molecule has 0 radical (unpaired) electrons. The lowest BCUT2D eigenvalue weighted by molar-refractivity contribution is 1.02. The third kappa shape index (κ3) is 2.36. The van der Waals surface area contributed by atoms with Crippen LogP contribution in [0.1, 0.15) is 23.1 Å². The van der Waals surface area contributed by atoms with Crippen LogP contribution in [-0.4, -0.2) is 4.98 Å². The monoisotopic (exact) mass is 252 g/mol. The quantitative estimate of drug-likeness (QED) is 0.908. The Labute approximate surface area is 104 Å². The van der Waals surface area contributed by atoms with Gasteiger partial charge in [0.25, 0.3) is 0 Å². The first-order chi connectivity index (χ1) is 7.70. The Hall–Kier alpha value is -1.06. The molecule has 0 bridgehead atoms. The minimum absolute atomic E-state index is 0.638. The molecule has 4 heteroatoms. The summed E-state index contributed by atoms with van der Waals surface area (Å²) in [5.41, 5.74) is 7.93. The van der Waals surface area contributed by atoms with E-state index in [2.05, 4.69) is 11.9 Å². The van der Waals surface area contributed by atoms with Crippen molar-refractivity contribution in [3.8, 4) is 0 Å². The summed E-state index contributed by atoms with van der Waals surface area (Å²) in [6, 6.07) is 7.88. The van der Waals surface area contributed by atoms with Crippen molar-refractivity contribution >= 4 is 28.1 Å². The van der Waals surface area contributed by atoms with Crippen LogP contribution >= 0.6 is 22.9 Å². The van der Waals surface area contributed by atoms with E-state index in [0.717, 1.165) is 29.1 Å². The first-order valence-electron chi connectivity index (χ1n) is 5.18. The van der Waals surface area contributed by atoms with Gasteiger partial charge in [0.2, 0.25) is 0 Å². The number of benzene rings is 1. The van der Waals surface area contributed by atoms with Gasteiger partial charge in [-0.2, -0.15) is 0 Å². The van der Waals surface area contributed by atoms with Crippen molar-refractivity contribution in [2.75, 3.05) is 5.73 Å². The van der Waals surface area contributed by atoms with Gasteiger partial charge < -0.3 is 5.73 Å². The van der Waals surface area contributed by atoms with E-state index < -0.39 is 0 Å². The molecule has 2 rings (SSSR count). The molecule has 2 aromatic rings. The standard InChI is InChI=1S/C12H13ClN2S/c1-2-10-11(16-12(14)15-10)7-8-5-3-4-6-9(8)13/h3-6H,2,7H2,1H3,(H2,14,15). The van der Waals surface area contributed by atoms with Crippen LogP contribution in [0.3, 0.4) is 0 Å². The van der Waals surface area contributed by atoms with Gasteiger partial charge in [0.15, 0.2) is 5.13 Å². The van der Waals surface area contributed by atoms with Gasteiger partial charge in [0.1, 0.15) is 0 Å². The lowest BCUT2D eigenvalue weighted by Gasteiger charge is -2.02. The van der Waals surface area contributed by atoms with Crippen molar-refractivity contribution < 1.29 is 0 Å². The van der Waals surface area contributed by atoms with E-state index in [0.29, 0.717) is 5.13 Å². The zero-order valence-corrected chi connectivity index (χ0v) is 10.6. The normalized spacial score (nSPS) is 10.6. The van der Waals surface area contributed by atoms with Crippen LogP contribution < -0.4 is 5.73 Å². The highest BCUT2D eigenvalue weighted by molar-refractivity contribution is 7.15. The number of anilines is 1. The molecule has 0 atom stereocenters. The molecule has 0 aliphatic carbocycles. The van der Waals surface area contributed by atoms with E-state index in [1.165, 1.54) is 4.88 Å². The van der Waals surface area contributed by atoms with Crippen molar-refractivity contribution in [3.05, 3.63) is 45.4 Å². The number of nitrogens with zero attached hydrogens (tertiary/aromatic N) is 1. The highest BCUT2D eigenvalue weighted by Crippen LogP contribution is 2.26. The van der Waals surface area contributed by atoms with Crippen molar-refractivity contribution in [2.45, 2.75) is 19.8 Å². The van der Waals surface area contributed by atoms with Gasteiger partial charge in [-0.05, 0) is 18.1 Å². The minimum Gasteiger partial charge on any atom is -0.375 e. The van der Waals surface area contributed by atoms with Gasteiger partial charge in [-0.25, -0.2) is 4.98 Å². The molecule has 1 heterocycles. The number of aryl methyl sites for hydroxylation is 1. The van der Waals surface area contributed by atoms with Crippen LogP contribution in [-0.2, 0) is 12.8 Å². The van der Waals surface area contributed by atoms with E-state index in [1.54, 1.807) is 11.3 Å². The molecule has 0 spiro atoms. The largest absolute Gasteiger partial charge is 0.375 e. The first-order valence-corrected chi connectivity index (χ1v) is 6.37. The second-order valence-electron chi connectivity index (χ2n) is 3.54. The third-order valence-electron chi connectivity index (χ3n) is 2.44. The molecule has 0 unspecified atom stereocenters. The summed E-state index contributed by atoms with van der Waals surface area (Å²) in [5, 5.41) is 1.44. The molecular weight excluding hydrogens is 240 g/mol. The van der Waals surface area contributed by atoms with E-state index in [1.807, 2.05) is 24.3 Å². The summed E-state index contributed by atoms with van der Waals surface area (Å²) < 4.78 is 0. The van der Waals surface area contributed by atoms with E-state index in [4.69, 9.17) is 17.3 Å². The molecule has 0 saturated heterocycles. The molecule has 0 fully saturated rings. The summed E-state index contributed by atoms with van der Waals surface area (Å²) in [7, 11) is 0. The van der Waals surface area contributed by atoms with Gasteiger partial charge >= 0.3 is 0 Å². The maximum absolute atomic E-state index is 6.13. The highest BCUT2D eigenvalue weighted by atomic mass is 35.5. The maximum Gasteiger partial charge on any atom is 0.180 e. The number of aromatic nitrogens is 1. The Morgan fingerprint density at radius 1 is 1.38 bits per heavy atom. The lowest BCUT2D eigenvalue weighted by Crippen LogP contribution is -1.91. The number of halogens is 1. The SMILES string of the molecule is CCc1nc(N)sc1Cc1ccccc1Cl. The second-order valence-corrected chi connectivity index (χ2v) is 5.07. The number of rotatable bonds is 3. The van der Waals surface area contributed by atoms with E-state index >= 15 is 0 Å². The van der Waals surface area contributed by atoms with Crippen LogP contribution in [0.2, 0.25) is 5.02 Å².